The molecule has 0 bridgehead atoms. The van der Waals surface area contributed by atoms with Crippen molar-refractivity contribution >= 4 is 10.0 Å². The van der Waals surface area contributed by atoms with Crippen LogP contribution in [0.25, 0.3) is 0 Å². The number of hydrogen-bond acceptors (Lipinski definition) is 3. The average Bonchev–Trinajstić information content (AvgIpc) is 2.30. The second-order valence-corrected chi connectivity index (χ2v) is 5.98. The van der Waals surface area contributed by atoms with E-state index in [-0.39, 0.29) is 0 Å². The van der Waals surface area contributed by atoms with E-state index in [4.69, 9.17) is 0 Å². The summed E-state index contributed by atoms with van der Waals surface area (Å²) in [6.45, 7) is 3.05. The lowest BCUT2D eigenvalue weighted by Gasteiger charge is -2.18. The second kappa shape index (κ2) is 6.14. The van der Waals surface area contributed by atoms with Crippen LogP contribution in [0.5, 0.6) is 0 Å². The minimum atomic E-state index is -3.36. The van der Waals surface area contributed by atoms with Crippen molar-refractivity contribution in [1.29, 1.82) is 0 Å². The van der Waals surface area contributed by atoms with Gasteiger partial charge in [0.2, 0.25) is 10.0 Å². The smallest absolute Gasteiger partial charge is 0.243 e. The molecule has 0 aliphatic carbocycles. The first-order valence-corrected chi connectivity index (χ1v) is 7.17. The Morgan fingerprint density at radius 3 is 2.53 bits per heavy atom. The molecule has 1 N–H and O–H groups in total. The lowest BCUT2D eigenvalue weighted by atomic mass is 10.2. The fourth-order valence-electron chi connectivity index (χ4n) is 1.69. The van der Waals surface area contributed by atoms with Crippen LogP contribution in [0.1, 0.15) is 18.9 Å². The van der Waals surface area contributed by atoms with Gasteiger partial charge in [0.05, 0.1) is 4.90 Å². The zero-order valence-electron chi connectivity index (χ0n) is 10.6. The Kier molecular flexibility index (Phi) is 5.11. The van der Waals surface area contributed by atoms with E-state index in [1.807, 2.05) is 19.1 Å². The van der Waals surface area contributed by atoms with Crippen molar-refractivity contribution in [2.75, 3.05) is 20.6 Å². The minimum absolute atomic E-state index is 0.394. The number of nitrogens with one attached hydrogen (secondary N) is 1. The summed E-state index contributed by atoms with van der Waals surface area (Å²) in [6, 6.07) is 7.11. The molecule has 0 saturated carbocycles. The van der Waals surface area contributed by atoms with E-state index in [1.54, 1.807) is 26.2 Å². The lowest BCUT2D eigenvalue weighted by molar-refractivity contribution is 0.467. The summed E-state index contributed by atoms with van der Waals surface area (Å²) >= 11 is 0. The second-order valence-electron chi connectivity index (χ2n) is 3.96. The summed E-state index contributed by atoms with van der Waals surface area (Å²) in [6.07, 6.45) is 0.809. The molecule has 0 aliphatic rings. The highest BCUT2D eigenvalue weighted by Gasteiger charge is 2.22. The molecule has 0 aromatic heterocycles. The molecule has 0 amide bonds. The Bertz CT molecular complexity index is 457. The molecule has 0 heterocycles. The van der Waals surface area contributed by atoms with E-state index in [9.17, 15) is 8.42 Å². The van der Waals surface area contributed by atoms with Gasteiger partial charge in [-0.25, -0.2) is 12.7 Å². The highest BCUT2D eigenvalue weighted by molar-refractivity contribution is 7.89. The van der Waals surface area contributed by atoms with E-state index in [2.05, 4.69) is 5.32 Å². The molecule has 1 rings (SSSR count). The predicted molar refractivity (Wildman–Crippen MR) is 69.3 cm³/mol. The van der Waals surface area contributed by atoms with Gasteiger partial charge >= 0.3 is 0 Å². The van der Waals surface area contributed by atoms with Gasteiger partial charge in [-0.2, -0.15) is 0 Å². The SMILES string of the molecule is CCCN(C)S(=O)(=O)c1ccccc1CNC. The molecule has 0 saturated heterocycles. The Hall–Kier alpha value is -0.910. The van der Waals surface area contributed by atoms with Crippen molar-refractivity contribution in [3.05, 3.63) is 29.8 Å². The molecule has 0 aliphatic heterocycles. The molecule has 0 radical (unpaired) electrons. The first kappa shape index (κ1) is 14.2. The molecule has 1 aromatic rings. The summed E-state index contributed by atoms with van der Waals surface area (Å²) in [5.41, 5.74) is 0.804. The average molecular weight is 256 g/mol. The van der Waals surface area contributed by atoms with Gasteiger partial charge in [-0.05, 0) is 25.1 Å². The largest absolute Gasteiger partial charge is 0.316 e. The van der Waals surface area contributed by atoms with E-state index in [0.717, 1.165) is 12.0 Å². The maximum atomic E-state index is 12.3. The predicted octanol–water partition coefficient (Wildman–Crippen LogP) is 1.44. The third-order valence-corrected chi connectivity index (χ3v) is 4.52. The zero-order chi connectivity index (χ0) is 12.9. The molecular weight excluding hydrogens is 236 g/mol. The van der Waals surface area contributed by atoms with E-state index in [1.165, 1.54) is 4.31 Å². The quantitative estimate of drug-likeness (QED) is 0.838. The van der Waals surface area contributed by atoms with Crippen LogP contribution in [0, 0.1) is 0 Å². The molecule has 0 spiro atoms. The van der Waals surface area contributed by atoms with E-state index in [0.29, 0.717) is 18.0 Å². The molecule has 17 heavy (non-hydrogen) atoms. The fourth-order valence-corrected chi connectivity index (χ4v) is 3.18. The molecule has 4 nitrogen and oxygen atoms in total. The molecular formula is C12H20N2O2S. The van der Waals surface area contributed by atoms with Crippen molar-refractivity contribution < 1.29 is 8.42 Å². The maximum absolute atomic E-state index is 12.3. The number of rotatable bonds is 6. The van der Waals surface area contributed by atoms with Gasteiger partial charge in [0, 0.05) is 20.1 Å². The molecule has 0 atom stereocenters. The van der Waals surface area contributed by atoms with Gasteiger partial charge in [-0.15, -0.1) is 0 Å². The number of nitrogens with zero attached hydrogens (tertiary/aromatic N) is 1. The van der Waals surface area contributed by atoms with Gasteiger partial charge in [0.15, 0.2) is 0 Å². The van der Waals surface area contributed by atoms with Crippen molar-refractivity contribution in [2.24, 2.45) is 0 Å². The van der Waals surface area contributed by atoms with E-state index >= 15 is 0 Å². The number of sulfonamides is 1. The van der Waals surface area contributed by atoms with Crippen LogP contribution in [0.3, 0.4) is 0 Å². The Labute approximate surface area is 104 Å². The van der Waals surface area contributed by atoms with Gasteiger partial charge in [0.1, 0.15) is 0 Å². The van der Waals surface area contributed by atoms with Crippen molar-refractivity contribution in [3.63, 3.8) is 0 Å². The standard InChI is InChI=1S/C12H20N2O2S/c1-4-9-14(3)17(15,16)12-8-6-5-7-11(12)10-13-2/h5-8,13H,4,9-10H2,1-3H3. The maximum Gasteiger partial charge on any atom is 0.243 e. The molecule has 0 fully saturated rings. The monoisotopic (exact) mass is 256 g/mol. The Balaban J connectivity index is 3.14. The first-order valence-electron chi connectivity index (χ1n) is 5.73. The normalized spacial score (nSPS) is 12.0. The van der Waals surface area contributed by atoms with Crippen molar-refractivity contribution in [3.8, 4) is 0 Å². The van der Waals surface area contributed by atoms with Crippen LogP contribution in [-0.2, 0) is 16.6 Å². The van der Waals surface area contributed by atoms with Gasteiger partial charge in [-0.1, -0.05) is 25.1 Å². The van der Waals surface area contributed by atoms with Crippen molar-refractivity contribution in [2.45, 2.75) is 24.8 Å². The lowest BCUT2D eigenvalue weighted by Crippen LogP contribution is -2.28. The molecule has 1 aromatic carbocycles. The number of hydrogen-bond donors (Lipinski definition) is 1. The summed E-state index contributed by atoms with van der Waals surface area (Å²) < 4.78 is 26.0. The summed E-state index contributed by atoms with van der Waals surface area (Å²) in [5, 5.41) is 2.98. The Morgan fingerprint density at radius 1 is 1.29 bits per heavy atom. The molecule has 5 heteroatoms. The van der Waals surface area contributed by atoms with Crippen molar-refractivity contribution in [1.82, 2.24) is 9.62 Å². The van der Waals surface area contributed by atoms with Crippen LogP contribution in [0.15, 0.2) is 29.2 Å². The van der Waals surface area contributed by atoms with Crippen LogP contribution >= 0.6 is 0 Å². The summed E-state index contributed by atoms with van der Waals surface area (Å²) in [7, 11) is 0.0641. The van der Waals surface area contributed by atoms with Gasteiger partial charge in [-0.3, -0.25) is 0 Å². The fraction of sp³-hybridized carbons (Fsp3) is 0.500. The van der Waals surface area contributed by atoms with Gasteiger partial charge < -0.3 is 5.32 Å². The van der Waals surface area contributed by atoms with Crippen LogP contribution in [0.4, 0.5) is 0 Å². The topological polar surface area (TPSA) is 49.4 Å². The minimum Gasteiger partial charge on any atom is -0.316 e. The molecule has 96 valence electrons. The third kappa shape index (κ3) is 3.28. The van der Waals surface area contributed by atoms with E-state index < -0.39 is 10.0 Å². The van der Waals surface area contributed by atoms with Gasteiger partial charge in [0.25, 0.3) is 0 Å². The van der Waals surface area contributed by atoms with Crippen LogP contribution in [-0.4, -0.2) is 33.4 Å². The third-order valence-electron chi connectivity index (χ3n) is 2.57. The summed E-state index contributed by atoms with van der Waals surface area (Å²) in [4.78, 5) is 0.394. The highest BCUT2D eigenvalue weighted by atomic mass is 32.2. The molecule has 0 unspecified atom stereocenters. The summed E-state index contributed by atoms with van der Waals surface area (Å²) in [5.74, 6) is 0. The highest BCUT2D eigenvalue weighted by Crippen LogP contribution is 2.19. The van der Waals surface area contributed by atoms with Crippen LogP contribution < -0.4 is 5.32 Å². The Morgan fingerprint density at radius 2 is 1.94 bits per heavy atom. The number of benzene rings is 1. The van der Waals surface area contributed by atoms with Crippen LogP contribution in [0.2, 0.25) is 0 Å². The zero-order valence-corrected chi connectivity index (χ0v) is 11.4. The first-order chi connectivity index (χ1) is 8.04.